The van der Waals surface area contributed by atoms with E-state index in [0.29, 0.717) is 15.5 Å². The summed E-state index contributed by atoms with van der Waals surface area (Å²) in [5.74, 6) is -0.146. The minimum absolute atomic E-state index is 0.172. The molecule has 0 amide bonds. The quantitative estimate of drug-likeness (QED) is 0.720. The molecule has 0 fully saturated rings. The minimum atomic E-state index is -0.318. The summed E-state index contributed by atoms with van der Waals surface area (Å²) in [6, 6.07) is 4.26. The Morgan fingerprint density at radius 3 is 2.85 bits per heavy atom. The lowest BCUT2D eigenvalue weighted by molar-refractivity contribution is 0.629. The third kappa shape index (κ3) is 1.47. The van der Waals surface area contributed by atoms with Gasteiger partial charge in [-0.2, -0.15) is 0 Å². The van der Waals surface area contributed by atoms with Crippen LogP contribution in [0, 0.1) is 5.82 Å². The summed E-state index contributed by atoms with van der Waals surface area (Å²) in [7, 11) is 0. The van der Waals surface area contributed by atoms with Gasteiger partial charge in [-0.3, -0.25) is 0 Å². The second kappa shape index (κ2) is 2.92. The Bertz CT molecular complexity index is 472. The monoisotopic (exact) mass is 241 g/mol. The molecule has 0 aliphatic rings. The molecule has 1 heterocycles. The Kier molecular flexibility index (Phi) is 1.88. The summed E-state index contributed by atoms with van der Waals surface area (Å²) in [5.41, 5.74) is 6.04. The second-order valence-corrected chi connectivity index (χ2v) is 3.29. The van der Waals surface area contributed by atoms with E-state index in [0.717, 1.165) is 0 Å². The summed E-state index contributed by atoms with van der Waals surface area (Å²) < 4.78 is 13.3. The molecule has 0 aliphatic heterocycles. The van der Waals surface area contributed by atoms with Crippen LogP contribution in [0.3, 0.4) is 0 Å². The lowest BCUT2D eigenvalue weighted by Gasteiger charge is -2.00. The van der Waals surface area contributed by atoms with Crippen molar-refractivity contribution in [3.8, 4) is 0 Å². The lowest BCUT2D eigenvalue weighted by Crippen LogP contribution is -1.95. The van der Waals surface area contributed by atoms with Gasteiger partial charge in [0.05, 0.1) is 5.52 Å². The number of nitrogens with two attached hydrogens (primary N) is 1. The number of anilines is 1. The van der Waals surface area contributed by atoms with E-state index in [1.165, 1.54) is 12.1 Å². The minimum Gasteiger partial charge on any atom is -0.368 e. The van der Waals surface area contributed by atoms with E-state index >= 15 is 0 Å². The SMILES string of the molecule is Nc1nc(Br)c2cc(F)ccc2n1. The largest absolute Gasteiger partial charge is 0.368 e. The van der Waals surface area contributed by atoms with Crippen LogP contribution in [-0.4, -0.2) is 9.97 Å². The average Bonchev–Trinajstić information content (AvgIpc) is 2.06. The Hall–Kier alpha value is -1.23. The van der Waals surface area contributed by atoms with Crippen LogP contribution in [0.25, 0.3) is 10.9 Å². The molecule has 1 aromatic carbocycles. The predicted octanol–water partition coefficient (Wildman–Crippen LogP) is 2.11. The highest BCUT2D eigenvalue weighted by Gasteiger charge is 2.03. The molecule has 3 nitrogen and oxygen atoms in total. The summed E-state index contributed by atoms with van der Waals surface area (Å²) in [6.45, 7) is 0. The van der Waals surface area contributed by atoms with Gasteiger partial charge in [-0.25, -0.2) is 14.4 Å². The van der Waals surface area contributed by atoms with Gasteiger partial charge in [0, 0.05) is 5.39 Å². The van der Waals surface area contributed by atoms with Crippen LogP contribution >= 0.6 is 15.9 Å². The Balaban J connectivity index is 2.87. The molecule has 0 aliphatic carbocycles. The van der Waals surface area contributed by atoms with E-state index in [2.05, 4.69) is 25.9 Å². The molecular formula is C8H5BrFN3. The van der Waals surface area contributed by atoms with Crippen molar-refractivity contribution in [3.05, 3.63) is 28.6 Å². The van der Waals surface area contributed by atoms with Crippen LogP contribution in [0.15, 0.2) is 22.8 Å². The number of nitrogens with zero attached hydrogens (tertiary/aromatic N) is 2. The highest BCUT2D eigenvalue weighted by molar-refractivity contribution is 9.10. The van der Waals surface area contributed by atoms with Crippen molar-refractivity contribution in [3.63, 3.8) is 0 Å². The number of halogens is 2. The number of fused-ring (bicyclic) bond motifs is 1. The molecule has 0 unspecified atom stereocenters. The zero-order valence-electron chi connectivity index (χ0n) is 6.46. The van der Waals surface area contributed by atoms with Crippen molar-refractivity contribution in [2.75, 3.05) is 5.73 Å². The van der Waals surface area contributed by atoms with E-state index < -0.39 is 0 Å². The molecule has 0 saturated carbocycles. The first-order valence-corrected chi connectivity index (χ1v) is 4.34. The van der Waals surface area contributed by atoms with Gasteiger partial charge >= 0.3 is 0 Å². The maximum absolute atomic E-state index is 12.8. The van der Waals surface area contributed by atoms with E-state index in [1.54, 1.807) is 6.07 Å². The zero-order chi connectivity index (χ0) is 9.42. The fourth-order valence-electron chi connectivity index (χ4n) is 1.08. The van der Waals surface area contributed by atoms with Gasteiger partial charge in [0.15, 0.2) is 0 Å². The molecular weight excluding hydrogens is 237 g/mol. The van der Waals surface area contributed by atoms with Crippen molar-refractivity contribution < 1.29 is 4.39 Å². The Morgan fingerprint density at radius 1 is 1.31 bits per heavy atom. The summed E-state index contributed by atoms with van der Waals surface area (Å²) in [4.78, 5) is 7.81. The van der Waals surface area contributed by atoms with Crippen LogP contribution in [-0.2, 0) is 0 Å². The van der Waals surface area contributed by atoms with Crippen LogP contribution < -0.4 is 5.73 Å². The van der Waals surface area contributed by atoms with E-state index in [1.807, 2.05) is 0 Å². The molecule has 0 atom stereocenters. The van der Waals surface area contributed by atoms with Crippen LogP contribution in [0.2, 0.25) is 0 Å². The maximum Gasteiger partial charge on any atom is 0.221 e. The standard InChI is InChI=1S/C8H5BrFN3/c9-7-5-3-4(10)1-2-6(5)12-8(11)13-7/h1-3H,(H2,11,12,13). The summed E-state index contributed by atoms with van der Waals surface area (Å²) >= 11 is 3.18. The van der Waals surface area contributed by atoms with Gasteiger partial charge in [0.1, 0.15) is 10.4 Å². The zero-order valence-corrected chi connectivity index (χ0v) is 8.05. The van der Waals surface area contributed by atoms with Crippen LogP contribution in [0.1, 0.15) is 0 Å². The van der Waals surface area contributed by atoms with Gasteiger partial charge in [-0.05, 0) is 34.1 Å². The molecule has 0 bridgehead atoms. The molecule has 13 heavy (non-hydrogen) atoms. The van der Waals surface area contributed by atoms with Crippen molar-refractivity contribution in [2.24, 2.45) is 0 Å². The first-order chi connectivity index (χ1) is 6.16. The van der Waals surface area contributed by atoms with Crippen molar-refractivity contribution >= 4 is 32.8 Å². The normalized spacial score (nSPS) is 10.6. The molecule has 1 aromatic heterocycles. The number of hydrogen-bond acceptors (Lipinski definition) is 3. The van der Waals surface area contributed by atoms with Gasteiger partial charge in [-0.1, -0.05) is 0 Å². The van der Waals surface area contributed by atoms with Gasteiger partial charge in [-0.15, -0.1) is 0 Å². The van der Waals surface area contributed by atoms with E-state index in [-0.39, 0.29) is 11.8 Å². The number of aromatic nitrogens is 2. The topological polar surface area (TPSA) is 51.8 Å². The third-order valence-corrected chi connectivity index (χ3v) is 2.23. The number of rotatable bonds is 0. The number of benzene rings is 1. The molecule has 66 valence electrons. The van der Waals surface area contributed by atoms with E-state index in [4.69, 9.17) is 5.73 Å². The van der Waals surface area contributed by atoms with Gasteiger partial charge in [0.2, 0.25) is 5.95 Å². The second-order valence-electron chi connectivity index (χ2n) is 2.53. The van der Waals surface area contributed by atoms with Crippen molar-refractivity contribution in [1.82, 2.24) is 9.97 Å². The fourth-order valence-corrected chi connectivity index (χ4v) is 1.58. The average molecular weight is 242 g/mol. The highest BCUT2D eigenvalue weighted by atomic mass is 79.9. The fraction of sp³-hybridized carbons (Fsp3) is 0. The van der Waals surface area contributed by atoms with Gasteiger partial charge < -0.3 is 5.73 Å². The number of nitrogen functional groups attached to an aromatic ring is 1. The Labute approximate surface area is 81.9 Å². The molecule has 0 saturated heterocycles. The van der Waals surface area contributed by atoms with E-state index in [9.17, 15) is 4.39 Å². The van der Waals surface area contributed by atoms with Gasteiger partial charge in [0.25, 0.3) is 0 Å². The summed E-state index contributed by atoms with van der Waals surface area (Å²) in [5, 5.41) is 0.620. The number of hydrogen-bond donors (Lipinski definition) is 1. The molecule has 0 spiro atoms. The predicted molar refractivity (Wildman–Crippen MR) is 51.6 cm³/mol. The molecule has 2 N–H and O–H groups in total. The lowest BCUT2D eigenvalue weighted by atomic mass is 10.2. The first kappa shape index (κ1) is 8.37. The third-order valence-electron chi connectivity index (χ3n) is 1.63. The smallest absolute Gasteiger partial charge is 0.221 e. The Morgan fingerprint density at radius 2 is 2.08 bits per heavy atom. The molecule has 2 aromatic rings. The van der Waals surface area contributed by atoms with Crippen molar-refractivity contribution in [1.29, 1.82) is 0 Å². The van der Waals surface area contributed by atoms with Crippen LogP contribution in [0.5, 0.6) is 0 Å². The van der Waals surface area contributed by atoms with Crippen LogP contribution in [0.4, 0.5) is 10.3 Å². The highest BCUT2D eigenvalue weighted by Crippen LogP contribution is 2.21. The first-order valence-electron chi connectivity index (χ1n) is 3.55. The maximum atomic E-state index is 12.8. The summed E-state index contributed by atoms with van der Waals surface area (Å²) in [6.07, 6.45) is 0. The van der Waals surface area contributed by atoms with Crippen molar-refractivity contribution in [2.45, 2.75) is 0 Å². The molecule has 0 radical (unpaired) electrons. The molecule has 5 heteroatoms. The molecule has 2 rings (SSSR count).